The van der Waals surface area contributed by atoms with Crippen molar-refractivity contribution in [3.8, 4) is 21.8 Å². The summed E-state index contributed by atoms with van der Waals surface area (Å²) in [6.45, 7) is 2.95. The highest BCUT2D eigenvalue weighted by Gasteiger charge is 2.22. The molecule has 186 valence electrons. The maximum Gasteiger partial charge on any atom is 0.259 e. The third-order valence-electron chi connectivity index (χ3n) is 6.27. The van der Waals surface area contributed by atoms with Crippen LogP contribution in [0.25, 0.3) is 21.8 Å². The van der Waals surface area contributed by atoms with Gasteiger partial charge in [-0.1, -0.05) is 30.3 Å². The van der Waals surface area contributed by atoms with Crippen molar-refractivity contribution in [2.75, 3.05) is 18.4 Å². The summed E-state index contributed by atoms with van der Waals surface area (Å²) in [5.74, 6) is -0.0704. The van der Waals surface area contributed by atoms with E-state index < -0.39 is 5.91 Å². The van der Waals surface area contributed by atoms with Crippen LogP contribution in [0.15, 0.2) is 60.1 Å². The van der Waals surface area contributed by atoms with E-state index in [9.17, 15) is 9.59 Å². The molecule has 1 aromatic carbocycles. The van der Waals surface area contributed by atoms with Crippen molar-refractivity contribution in [2.24, 2.45) is 5.92 Å². The Morgan fingerprint density at radius 2 is 1.92 bits per heavy atom. The average molecular weight is 522 g/mol. The molecule has 3 aromatic heterocycles. The second-order valence-electron chi connectivity index (χ2n) is 8.76. The topological polar surface area (TPSA) is 108 Å². The molecule has 1 saturated heterocycles. The Morgan fingerprint density at radius 3 is 2.69 bits per heavy atom. The van der Waals surface area contributed by atoms with Crippen molar-refractivity contribution in [3.05, 3.63) is 70.5 Å². The van der Waals surface area contributed by atoms with Crippen molar-refractivity contribution >= 4 is 39.6 Å². The molecule has 0 radical (unpaired) electrons. The molecule has 1 aliphatic heterocycles. The molecule has 0 aliphatic carbocycles. The Balaban J connectivity index is 1.35. The number of carbonyl (C=O) groups excluding carboxylic acids is 2. The minimum atomic E-state index is -0.462. The number of amides is 2. The molecule has 5 rings (SSSR count). The van der Waals surface area contributed by atoms with E-state index in [0.717, 1.165) is 59.2 Å². The molecule has 0 saturated carbocycles. The number of hydroxylamine groups is 1. The lowest BCUT2D eigenvalue weighted by Gasteiger charge is -2.24. The zero-order valence-electron chi connectivity index (χ0n) is 19.6. The first-order chi connectivity index (χ1) is 17.6. The lowest BCUT2D eigenvalue weighted by molar-refractivity contribution is -0.128. The lowest BCUT2D eigenvalue weighted by Crippen LogP contribution is -2.30. The average Bonchev–Trinajstić information content (AvgIpc) is 3.65. The number of nitrogens with zero attached hydrogens (tertiary/aromatic N) is 2. The monoisotopic (exact) mass is 521 g/mol. The number of carbonyl (C=O) groups is 2. The summed E-state index contributed by atoms with van der Waals surface area (Å²) in [5.41, 5.74) is 4.95. The summed E-state index contributed by atoms with van der Waals surface area (Å²) in [4.78, 5) is 31.1. The highest BCUT2D eigenvalue weighted by atomic mass is 32.1. The second kappa shape index (κ2) is 11.2. The summed E-state index contributed by atoms with van der Waals surface area (Å²) in [6, 6.07) is 15.7. The largest absolute Gasteiger partial charge is 0.347 e. The zero-order chi connectivity index (χ0) is 24.9. The summed E-state index contributed by atoms with van der Waals surface area (Å²) in [7, 11) is 0. The maximum absolute atomic E-state index is 13.4. The third kappa shape index (κ3) is 5.57. The molecule has 4 N–H and O–H groups in total. The molecule has 0 spiro atoms. The Bertz CT molecular complexity index is 1340. The van der Waals surface area contributed by atoms with Crippen molar-refractivity contribution in [1.29, 1.82) is 0 Å². The van der Waals surface area contributed by atoms with E-state index in [1.54, 1.807) is 5.48 Å². The van der Waals surface area contributed by atoms with E-state index in [2.05, 4.69) is 20.2 Å². The van der Waals surface area contributed by atoms with Gasteiger partial charge >= 0.3 is 0 Å². The van der Waals surface area contributed by atoms with Crippen LogP contribution in [-0.2, 0) is 17.8 Å². The van der Waals surface area contributed by atoms with Gasteiger partial charge in [0.2, 0.25) is 5.91 Å². The lowest BCUT2D eigenvalue weighted by atomic mass is 9.97. The Hall–Kier alpha value is -3.31. The molecule has 1 fully saturated rings. The first-order valence-electron chi connectivity index (χ1n) is 11.8. The fourth-order valence-electron chi connectivity index (χ4n) is 4.49. The van der Waals surface area contributed by atoms with Gasteiger partial charge < -0.3 is 9.88 Å². The van der Waals surface area contributed by atoms with Crippen LogP contribution in [0.1, 0.15) is 28.1 Å². The molecule has 4 aromatic rings. The number of benzene rings is 1. The Labute approximate surface area is 217 Å². The number of thiophene rings is 1. The molecule has 36 heavy (non-hydrogen) atoms. The van der Waals surface area contributed by atoms with Crippen LogP contribution in [0, 0.1) is 5.92 Å². The SMILES string of the molecule is O=C(Cc1ccc(-c2csc(NC(=O)c3ccn(CC4CCNCC4)c3-c3ccccc3)n2)s1)NO. The van der Waals surface area contributed by atoms with E-state index in [0.29, 0.717) is 16.6 Å². The number of thiazole rings is 1. The quantitative estimate of drug-likeness (QED) is 0.200. The Kier molecular flexibility index (Phi) is 7.57. The number of hydrogen-bond acceptors (Lipinski definition) is 7. The molecule has 10 heteroatoms. The fourth-order valence-corrected chi connectivity index (χ4v) is 6.23. The van der Waals surface area contributed by atoms with Crippen LogP contribution in [0.2, 0.25) is 0 Å². The highest BCUT2D eigenvalue weighted by molar-refractivity contribution is 7.17. The predicted molar refractivity (Wildman–Crippen MR) is 142 cm³/mol. The van der Waals surface area contributed by atoms with Crippen LogP contribution < -0.4 is 16.1 Å². The zero-order valence-corrected chi connectivity index (χ0v) is 21.2. The number of rotatable bonds is 8. The van der Waals surface area contributed by atoms with Crippen molar-refractivity contribution in [3.63, 3.8) is 0 Å². The van der Waals surface area contributed by atoms with E-state index in [1.165, 1.54) is 22.7 Å². The molecule has 2 amide bonds. The molecule has 1 aliphatic rings. The number of aromatic nitrogens is 2. The van der Waals surface area contributed by atoms with E-state index in [1.807, 2.05) is 60.1 Å². The highest BCUT2D eigenvalue weighted by Crippen LogP contribution is 2.32. The molecular weight excluding hydrogens is 494 g/mol. The van der Waals surface area contributed by atoms with Gasteiger partial charge in [0.25, 0.3) is 5.91 Å². The number of anilines is 1. The van der Waals surface area contributed by atoms with Crippen LogP contribution in [-0.4, -0.2) is 39.7 Å². The number of nitrogens with one attached hydrogen (secondary N) is 3. The van der Waals surface area contributed by atoms with Crippen molar-refractivity contribution < 1.29 is 14.8 Å². The third-order valence-corrected chi connectivity index (χ3v) is 8.13. The van der Waals surface area contributed by atoms with Gasteiger partial charge in [-0.3, -0.25) is 20.1 Å². The van der Waals surface area contributed by atoms with Gasteiger partial charge in [0.05, 0.1) is 28.2 Å². The molecular formula is C26H27N5O3S2. The van der Waals surface area contributed by atoms with E-state index in [4.69, 9.17) is 5.21 Å². The summed E-state index contributed by atoms with van der Waals surface area (Å²) >= 11 is 2.79. The van der Waals surface area contributed by atoms with Gasteiger partial charge in [-0.15, -0.1) is 22.7 Å². The van der Waals surface area contributed by atoms with Crippen molar-refractivity contribution in [1.82, 2.24) is 20.3 Å². The fraction of sp³-hybridized carbons (Fsp3) is 0.269. The molecule has 0 unspecified atom stereocenters. The summed E-state index contributed by atoms with van der Waals surface area (Å²) in [6.07, 6.45) is 4.38. The van der Waals surface area contributed by atoms with Gasteiger partial charge in [0.1, 0.15) is 0 Å². The minimum absolute atomic E-state index is 0.103. The van der Waals surface area contributed by atoms with Crippen LogP contribution in [0.3, 0.4) is 0 Å². The van der Waals surface area contributed by atoms with E-state index >= 15 is 0 Å². The number of piperidine rings is 1. The summed E-state index contributed by atoms with van der Waals surface area (Å²) in [5, 5.41) is 17.5. The first-order valence-corrected chi connectivity index (χ1v) is 13.5. The predicted octanol–water partition coefficient (Wildman–Crippen LogP) is 4.64. The van der Waals surface area contributed by atoms with Gasteiger partial charge in [-0.2, -0.15) is 0 Å². The molecule has 4 heterocycles. The Morgan fingerprint density at radius 1 is 1.11 bits per heavy atom. The molecule has 0 atom stereocenters. The smallest absolute Gasteiger partial charge is 0.259 e. The second-order valence-corrected chi connectivity index (χ2v) is 10.8. The van der Waals surface area contributed by atoms with Gasteiger partial charge in [-0.25, -0.2) is 10.5 Å². The van der Waals surface area contributed by atoms with Crippen molar-refractivity contribution in [2.45, 2.75) is 25.8 Å². The standard InChI is InChI=1S/C26H27N5O3S2/c32-23(30-34)14-19-6-7-22(36-19)21-16-35-26(28-21)29-25(33)20-10-13-31(15-17-8-11-27-12-9-17)24(20)18-4-2-1-3-5-18/h1-7,10,13,16-17,27,34H,8-9,11-12,14-15H2,(H,30,32)(H,28,29,33). The number of hydrogen-bond donors (Lipinski definition) is 4. The first kappa shape index (κ1) is 24.4. The minimum Gasteiger partial charge on any atom is -0.347 e. The van der Waals surface area contributed by atoms with Crippen LogP contribution in [0.5, 0.6) is 0 Å². The van der Waals surface area contributed by atoms with Gasteiger partial charge in [0, 0.05) is 23.0 Å². The summed E-state index contributed by atoms with van der Waals surface area (Å²) < 4.78 is 2.21. The van der Waals surface area contributed by atoms with Crippen LogP contribution in [0.4, 0.5) is 5.13 Å². The van der Waals surface area contributed by atoms with Crippen LogP contribution >= 0.6 is 22.7 Å². The van der Waals surface area contributed by atoms with E-state index in [-0.39, 0.29) is 12.3 Å². The molecule has 0 bridgehead atoms. The van der Waals surface area contributed by atoms with Gasteiger partial charge in [-0.05, 0) is 55.6 Å². The maximum atomic E-state index is 13.4. The normalized spacial score (nSPS) is 14.0. The molecule has 8 nitrogen and oxygen atoms in total. The van der Waals surface area contributed by atoms with Gasteiger partial charge in [0.15, 0.2) is 5.13 Å².